The average Bonchev–Trinajstić information content (AvgIpc) is 2.47. The van der Waals surface area contributed by atoms with E-state index in [0.717, 1.165) is 12.1 Å². The van der Waals surface area contributed by atoms with Crippen LogP contribution in [-0.2, 0) is 17.9 Å². The number of carbonyl (C=O) groups is 1. The zero-order valence-corrected chi connectivity index (χ0v) is 12.0. The molecule has 0 unspecified atom stereocenters. The van der Waals surface area contributed by atoms with Crippen LogP contribution in [0, 0.1) is 0 Å². The molecule has 0 aliphatic carbocycles. The minimum atomic E-state index is -0.126. The smallest absolute Gasteiger partial charge is 0.235 e. The van der Waals surface area contributed by atoms with Crippen LogP contribution in [0.1, 0.15) is 30.4 Å². The summed E-state index contributed by atoms with van der Waals surface area (Å²) in [6, 6.07) is 8.45. The lowest BCUT2D eigenvalue weighted by molar-refractivity contribution is -0.118. The maximum atomic E-state index is 11.1. The van der Waals surface area contributed by atoms with E-state index in [9.17, 15) is 4.79 Å². The number of benzene rings is 1. The van der Waals surface area contributed by atoms with E-state index in [4.69, 9.17) is 11.6 Å². The van der Waals surface area contributed by atoms with E-state index in [1.165, 1.54) is 37.9 Å². The van der Waals surface area contributed by atoms with E-state index in [0.29, 0.717) is 6.54 Å². The molecular formula is C15H21ClN2O. The Balaban J connectivity index is 1.82. The van der Waals surface area contributed by atoms with Crippen LogP contribution in [0.15, 0.2) is 24.3 Å². The van der Waals surface area contributed by atoms with Crippen LogP contribution >= 0.6 is 11.6 Å². The highest BCUT2D eigenvalue weighted by molar-refractivity contribution is 6.27. The lowest BCUT2D eigenvalue weighted by Gasteiger charge is -2.26. The fourth-order valence-electron chi connectivity index (χ4n) is 2.39. The van der Waals surface area contributed by atoms with Gasteiger partial charge in [-0.3, -0.25) is 9.69 Å². The van der Waals surface area contributed by atoms with Gasteiger partial charge in [-0.25, -0.2) is 0 Å². The molecule has 3 nitrogen and oxygen atoms in total. The quantitative estimate of drug-likeness (QED) is 0.841. The van der Waals surface area contributed by atoms with Gasteiger partial charge in [-0.2, -0.15) is 0 Å². The number of hydrogen-bond donors (Lipinski definition) is 1. The maximum Gasteiger partial charge on any atom is 0.235 e. The van der Waals surface area contributed by atoms with Crippen molar-refractivity contribution in [2.45, 2.75) is 32.4 Å². The normalized spacial score (nSPS) is 16.3. The van der Waals surface area contributed by atoms with Gasteiger partial charge in [0.2, 0.25) is 5.91 Å². The van der Waals surface area contributed by atoms with Crippen LogP contribution in [0.3, 0.4) is 0 Å². The van der Waals surface area contributed by atoms with Crippen molar-refractivity contribution in [2.75, 3.05) is 19.0 Å². The van der Waals surface area contributed by atoms with Crippen molar-refractivity contribution >= 4 is 17.5 Å². The molecule has 0 aromatic heterocycles. The molecule has 2 rings (SSSR count). The molecule has 104 valence electrons. The monoisotopic (exact) mass is 280 g/mol. The van der Waals surface area contributed by atoms with Crippen molar-refractivity contribution in [3.05, 3.63) is 35.4 Å². The molecule has 0 saturated carbocycles. The SMILES string of the molecule is O=C(CCl)NCc1ccc(CN2CCCCC2)cc1. The summed E-state index contributed by atoms with van der Waals surface area (Å²) in [5, 5.41) is 2.77. The Hall–Kier alpha value is -1.06. The number of nitrogens with one attached hydrogen (secondary N) is 1. The lowest BCUT2D eigenvalue weighted by atomic mass is 10.1. The summed E-state index contributed by atoms with van der Waals surface area (Å²) in [5.74, 6) is -0.105. The predicted molar refractivity (Wildman–Crippen MR) is 78.1 cm³/mol. The first-order valence-corrected chi connectivity index (χ1v) is 7.44. The number of halogens is 1. The second-order valence-corrected chi connectivity index (χ2v) is 5.33. The van der Waals surface area contributed by atoms with Crippen LogP contribution in [0.25, 0.3) is 0 Å². The molecule has 1 saturated heterocycles. The van der Waals surface area contributed by atoms with Crippen molar-refractivity contribution in [1.29, 1.82) is 0 Å². The summed E-state index contributed by atoms with van der Waals surface area (Å²) in [5.41, 5.74) is 2.45. The van der Waals surface area contributed by atoms with E-state index in [1.54, 1.807) is 0 Å². The van der Waals surface area contributed by atoms with Gasteiger partial charge in [-0.05, 0) is 37.1 Å². The fraction of sp³-hybridized carbons (Fsp3) is 0.533. The number of carbonyl (C=O) groups excluding carboxylic acids is 1. The summed E-state index contributed by atoms with van der Waals surface area (Å²) < 4.78 is 0. The molecule has 1 N–H and O–H groups in total. The molecule has 1 amide bonds. The topological polar surface area (TPSA) is 32.3 Å². The van der Waals surface area contributed by atoms with E-state index in [2.05, 4.69) is 34.5 Å². The maximum absolute atomic E-state index is 11.1. The number of likely N-dealkylation sites (tertiary alicyclic amines) is 1. The third kappa shape index (κ3) is 4.84. The standard InChI is InChI=1S/C15H21ClN2O/c16-10-15(19)17-11-13-4-6-14(7-5-13)12-18-8-2-1-3-9-18/h4-7H,1-3,8-12H2,(H,17,19). The van der Waals surface area contributed by atoms with Gasteiger partial charge >= 0.3 is 0 Å². The van der Waals surface area contributed by atoms with Crippen molar-refractivity contribution in [3.63, 3.8) is 0 Å². The van der Waals surface area contributed by atoms with Crippen LogP contribution in [-0.4, -0.2) is 29.8 Å². The van der Waals surface area contributed by atoms with Gasteiger partial charge in [0.25, 0.3) is 0 Å². The minimum Gasteiger partial charge on any atom is -0.351 e. The summed E-state index contributed by atoms with van der Waals surface area (Å²) in [6.07, 6.45) is 4.01. The zero-order valence-electron chi connectivity index (χ0n) is 11.2. The van der Waals surface area contributed by atoms with Gasteiger partial charge in [0.1, 0.15) is 5.88 Å². The second-order valence-electron chi connectivity index (χ2n) is 5.06. The Bertz CT molecular complexity index is 399. The second kappa shape index (κ2) is 7.51. The summed E-state index contributed by atoms with van der Waals surface area (Å²) in [4.78, 5) is 13.6. The molecule has 0 bridgehead atoms. The molecule has 0 atom stereocenters. The van der Waals surface area contributed by atoms with Crippen LogP contribution in [0.4, 0.5) is 0 Å². The fourth-order valence-corrected chi connectivity index (χ4v) is 2.48. The molecule has 1 aliphatic rings. The number of nitrogens with zero attached hydrogens (tertiary/aromatic N) is 1. The molecule has 1 heterocycles. The Kier molecular flexibility index (Phi) is 5.67. The zero-order chi connectivity index (χ0) is 13.5. The molecule has 1 aliphatic heterocycles. The number of rotatable bonds is 5. The molecule has 1 aromatic rings. The van der Waals surface area contributed by atoms with E-state index in [1.807, 2.05) is 0 Å². The van der Waals surface area contributed by atoms with E-state index in [-0.39, 0.29) is 11.8 Å². The third-order valence-electron chi connectivity index (χ3n) is 3.49. The first kappa shape index (κ1) is 14.4. The largest absolute Gasteiger partial charge is 0.351 e. The number of alkyl halides is 1. The lowest BCUT2D eigenvalue weighted by Crippen LogP contribution is -2.29. The Morgan fingerprint density at radius 1 is 1.11 bits per heavy atom. The first-order valence-electron chi connectivity index (χ1n) is 6.91. The number of amides is 1. The molecular weight excluding hydrogens is 260 g/mol. The summed E-state index contributed by atoms with van der Waals surface area (Å²) in [7, 11) is 0. The Morgan fingerprint density at radius 3 is 2.37 bits per heavy atom. The van der Waals surface area contributed by atoms with Gasteiger partial charge in [0.15, 0.2) is 0 Å². The molecule has 0 radical (unpaired) electrons. The van der Waals surface area contributed by atoms with E-state index < -0.39 is 0 Å². The molecule has 4 heteroatoms. The highest BCUT2D eigenvalue weighted by Gasteiger charge is 2.10. The highest BCUT2D eigenvalue weighted by atomic mass is 35.5. The minimum absolute atomic E-state index is 0.0209. The number of piperidine rings is 1. The van der Waals surface area contributed by atoms with Crippen LogP contribution < -0.4 is 5.32 Å². The van der Waals surface area contributed by atoms with E-state index >= 15 is 0 Å². The molecule has 0 spiro atoms. The van der Waals surface area contributed by atoms with Crippen molar-refractivity contribution in [1.82, 2.24) is 10.2 Å². The summed E-state index contributed by atoms with van der Waals surface area (Å²) in [6.45, 7) is 4.02. The van der Waals surface area contributed by atoms with Crippen LogP contribution in [0.5, 0.6) is 0 Å². The first-order chi connectivity index (χ1) is 9.28. The van der Waals surface area contributed by atoms with Gasteiger partial charge in [0, 0.05) is 13.1 Å². The van der Waals surface area contributed by atoms with Gasteiger partial charge in [-0.1, -0.05) is 30.7 Å². The predicted octanol–water partition coefficient (Wildman–Crippen LogP) is 2.53. The Labute approximate surface area is 119 Å². The molecule has 19 heavy (non-hydrogen) atoms. The van der Waals surface area contributed by atoms with Crippen LogP contribution in [0.2, 0.25) is 0 Å². The molecule has 1 fully saturated rings. The van der Waals surface area contributed by atoms with Gasteiger partial charge < -0.3 is 5.32 Å². The third-order valence-corrected chi connectivity index (χ3v) is 3.73. The molecule has 1 aromatic carbocycles. The highest BCUT2D eigenvalue weighted by Crippen LogP contribution is 2.13. The van der Waals surface area contributed by atoms with Gasteiger partial charge in [-0.15, -0.1) is 11.6 Å². The van der Waals surface area contributed by atoms with Crippen molar-refractivity contribution < 1.29 is 4.79 Å². The summed E-state index contributed by atoms with van der Waals surface area (Å²) >= 11 is 5.43. The average molecular weight is 281 g/mol. The number of hydrogen-bond acceptors (Lipinski definition) is 2. The van der Waals surface area contributed by atoms with Crippen molar-refractivity contribution in [3.8, 4) is 0 Å². The Morgan fingerprint density at radius 2 is 1.74 bits per heavy atom. The van der Waals surface area contributed by atoms with Crippen molar-refractivity contribution in [2.24, 2.45) is 0 Å². The van der Waals surface area contributed by atoms with Gasteiger partial charge in [0.05, 0.1) is 0 Å².